The maximum Gasteiger partial charge on any atom is 0.353 e. The van der Waals surface area contributed by atoms with Gasteiger partial charge < -0.3 is 4.74 Å². The van der Waals surface area contributed by atoms with Crippen LogP contribution in [0.3, 0.4) is 0 Å². The Balaban J connectivity index is 1.58. The summed E-state index contributed by atoms with van der Waals surface area (Å²) in [7, 11) is -3.78. The number of nitrogens with one attached hydrogen (secondary N) is 1. The monoisotopic (exact) mass is 488 g/mol. The van der Waals surface area contributed by atoms with Crippen molar-refractivity contribution in [2.24, 2.45) is 9.39 Å². The van der Waals surface area contributed by atoms with Crippen molar-refractivity contribution >= 4 is 67.2 Å². The molecule has 9 nitrogen and oxygen atoms in total. The van der Waals surface area contributed by atoms with Crippen molar-refractivity contribution < 1.29 is 22.7 Å². The number of nitrogens with zero attached hydrogens (tertiary/aromatic N) is 3. The minimum absolute atomic E-state index is 0.0345. The van der Waals surface area contributed by atoms with Crippen molar-refractivity contribution in [2.75, 3.05) is 0 Å². The number of sulfone groups is 1. The number of hydrogen-bond donors (Lipinski definition) is 1. The Kier molecular flexibility index (Phi) is 5.84. The van der Waals surface area contributed by atoms with Crippen LogP contribution in [0.5, 0.6) is 5.75 Å². The molecule has 1 aromatic heterocycles. The molecule has 2 aromatic rings. The molecule has 164 valence electrons. The second kappa shape index (κ2) is 8.45. The molecule has 1 aromatic carbocycles. The van der Waals surface area contributed by atoms with Gasteiger partial charge in [-0.15, -0.1) is 11.3 Å². The summed E-state index contributed by atoms with van der Waals surface area (Å²) in [4.78, 5) is 30.0. The number of aliphatic imine (C=N–C) groups is 1. The van der Waals surface area contributed by atoms with Gasteiger partial charge in [-0.1, -0.05) is 18.2 Å². The van der Waals surface area contributed by atoms with E-state index in [0.717, 1.165) is 16.8 Å². The van der Waals surface area contributed by atoms with E-state index < -0.39 is 27.0 Å². The molecule has 0 fully saturated rings. The molecule has 1 N–H and O–H groups in total. The third kappa shape index (κ3) is 4.04. The number of carbonyl (C=O) groups is 2. The van der Waals surface area contributed by atoms with Crippen molar-refractivity contribution in [1.29, 1.82) is 5.41 Å². The number of amides is 1. The van der Waals surface area contributed by atoms with Gasteiger partial charge in [0.05, 0.1) is 22.8 Å². The minimum atomic E-state index is -3.78. The summed E-state index contributed by atoms with van der Waals surface area (Å²) in [6.45, 7) is 3.03. The lowest BCUT2D eigenvalue weighted by Crippen LogP contribution is -2.46. The summed E-state index contributed by atoms with van der Waals surface area (Å²) in [5.41, 5.74) is 0.468. The molecule has 12 heteroatoms. The van der Waals surface area contributed by atoms with E-state index in [9.17, 15) is 18.0 Å². The standard InChI is InChI=1S/C20H16N4O5S3/c1-11(2)32(27,28)20-23-31-19-22-17(25)14(16(21)24(19)20)10-12-5-7-13(8-6-12)29-18(26)15-4-3-9-30-15/h3-11,21H,1-2H3/b14-10-,21-16?. The van der Waals surface area contributed by atoms with Crippen molar-refractivity contribution in [3.05, 3.63) is 57.8 Å². The van der Waals surface area contributed by atoms with E-state index in [1.54, 1.807) is 41.8 Å². The second-order valence-electron chi connectivity index (χ2n) is 6.94. The minimum Gasteiger partial charge on any atom is -0.422 e. The lowest BCUT2D eigenvalue weighted by atomic mass is 10.1. The number of carbonyl (C=O) groups excluding carboxylic acids is 2. The first-order valence-electron chi connectivity index (χ1n) is 9.27. The summed E-state index contributed by atoms with van der Waals surface area (Å²) >= 11 is 2.02. The largest absolute Gasteiger partial charge is 0.422 e. The zero-order valence-corrected chi connectivity index (χ0v) is 19.3. The van der Waals surface area contributed by atoms with Gasteiger partial charge in [0.1, 0.15) is 16.5 Å². The smallest absolute Gasteiger partial charge is 0.353 e. The Hall–Kier alpha value is -3.09. The van der Waals surface area contributed by atoms with Gasteiger partial charge in [-0.2, -0.15) is 9.39 Å². The molecule has 3 heterocycles. The number of amidine groups is 3. The first-order chi connectivity index (χ1) is 15.2. The third-order valence-corrected chi connectivity index (χ3v) is 8.18. The Morgan fingerprint density at radius 1 is 1.22 bits per heavy atom. The molecule has 4 rings (SSSR count). The molecule has 1 amide bonds. The van der Waals surface area contributed by atoms with Crippen LogP contribution >= 0.6 is 23.3 Å². The van der Waals surface area contributed by atoms with Gasteiger partial charge in [0, 0.05) is 0 Å². The summed E-state index contributed by atoms with van der Waals surface area (Å²) < 4.78 is 34.5. The molecule has 0 radical (unpaired) electrons. The van der Waals surface area contributed by atoms with Crippen LogP contribution in [0.4, 0.5) is 0 Å². The first kappa shape index (κ1) is 22.1. The van der Waals surface area contributed by atoms with E-state index in [2.05, 4.69) is 9.39 Å². The second-order valence-corrected chi connectivity index (χ2v) is 11.0. The van der Waals surface area contributed by atoms with Crippen LogP contribution in [0.15, 0.2) is 56.7 Å². The van der Waals surface area contributed by atoms with Crippen molar-refractivity contribution in [3.63, 3.8) is 0 Å². The molecule has 0 aliphatic carbocycles. The van der Waals surface area contributed by atoms with Crippen molar-refractivity contribution in [3.8, 4) is 5.75 Å². The van der Waals surface area contributed by atoms with Crippen LogP contribution in [0.1, 0.15) is 29.1 Å². The fourth-order valence-corrected chi connectivity index (χ4v) is 5.41. The van der Waals surface area contributed by atoms with Gasteiger partial charge in [0.25, 0.3) is 5.91 Å². The Labute approximate surface area is 192 Å². The highest BCUT2D eigenvalue weighted by atomic mass is 32.2. The van der Waals surface area contributed by atoms with Crippen LogP contribution in [-0.4, -0.2) is 46.6 Å². The molecule has 0 saturated heterocycles. The zero-order valence-electron chi connectivity index (χ0n) is 16.8. The average molecular weight is 489 g/mol. The van der Waals surface area contributed by atoms with Crippen LogP contribution in [0.2, 0.25) is 0 Å². The van der Waals surface area contributed by atoms with E-state index in [1.165, 1.54) is 31.3 Å². The normalized spacial score (nSPS) is 17.5. The quantitative estimate of drug-likeness (QED) is 0.302. The molecule has 0 unspecified atom stereocenters. The zero-order chi connectivity index (χ0) is 23.0. The first-order valence-corrected chi connectivity index (χ1v) is 12.5. The highest BCUT2D eigenvalue weighted by Gasteiger charge is 2.43. The van der Waals surface area contributed by atoms with Gasteiger partial charge in [-0.05, 0) is 49.1 Å². The van der Waals surface area contributed by atoms with Crippen LogP contribution in [0, 0.1) is 5.41 Å². The molecule has 0 saturated carbocycles. The average Bonchev–Trinajstić information content (AvgIpc) is 3.42. The Morgan fingerprint density at radius 3 is 2.56 bits per heavy atom. The van der Waals surface area contributed by atoms with Gasteiger partial charge in [-0.25, -0.2) is 18.1 Å². The van der Waals surface area contributed by atoms with Gasteiger partial charge in [0.2, 0.25) is 20.2 Å². The number of rotatable bonds is 4. The lowest BCUT2D eigenvalue weighted by Gasteiger charge is -2.25. The van der Waals surface area contributed by atoms with Crippen molar-refractivity contribution in [1.82, 2.24) is 4.90 Å². The summed E-state index contributed by atoms with van der Waals surface area (Å²) in [5, 5.41) is 9.20. The van der Waals surface area contributed by atoms with Crippen LogP contribution < -0.4 is 4.74 Å². The van der Waals surface area contributed by atoms with Gasteiger partial charge in [-0.3, -0.25) is 10.2 Å². The maximum absolute atomic E-state index is 12.6. The maximum atomic E-state index is 12.6. The van der Waals surface area contributed by atoms with E-state index in [1.807, 2.05) is 0 Å². The fraction of sp³-hybridized carbons (Fsp3) is 0.150. The number of benzene rings is 1. The number of ether oxygens (including phenoxy) is 1. The van der Waals surface area contributed by atoms with E-state index >= 15 is 0 Å². The molecule has 2 aliphatic heterocycles. The van der Waals surface area contributed by atoms with Gasteiger partial charge >= 0.3 is 5.97 Å². The van der Waals surface area contributed by atoms with E-state index in [0.29, 0.717) is 16.2 Å². The van der Waals surface area contributed by atoms with Crippen LogP contribution in [0.25, 0.3) is 6.08 Å². The predicted octanol–water partition coefficient (Wildman–Crippen LogP) is 3.37. The predicted molar refractivity (Wildman–Crippen MR) is 125 cm³/mol. The molecule has 0 bridgehead atoms. The van der Waals surface area contributed by atoms with Crippen molar-refractivity contribution in [2.45, 2.75) is 19.1 Å². The fourth-order valence-electron chi connectivity index (χ4n) is 2.74. The van der Waals surface area contributed by atoms with E-state index in [-0.39, 0.29) is 21.7 Å². The summed E-state index contributed by atoms with van der Waals surface area (Å²) in [6, 6.07) is 9.76. The highest BCUT2D eigenvalue weighted by molar-refractivity contribution is 8.16. The third-order valence-electron chi connectivity index (χ3n) is 4.49. The molecule has 2 aliphatic rings. The molecular weight excluding hydrogens is 472 g/mol. The number of thiophene rings is 1. The number of fused-ring (bicyclic) bond motifs is 1. The topological polar surface area (TPSA) is 129 Å². The van der Waals surface area contributed by atoms with Gasteiger partial charge in [0.15, 0.2) is 0 Å². The Morgan fingerprint density at radius 2 is 1.94 bits per heavy atom. The highest BCUT2D eigenvalue weighted by Crippen LogP contribution is 2.31. The number of esters is 1. The lowest BCUT2D eigenvalue weighted by molar-refractivity contribution is -0.114. The van der Waals surface area contributed by atoms with Crippen LogP contribution in [-0.2, 0) is 14.6 Å². The molecular formula is C20H16N4O5S3. The molecule has 0 spiro atoms. The number of hydrogen-bond acceptors (Lipinski definition) is 9. The molecule has 0 atom stereocenters. The molecule has 32 heavy (non-hydrogen) atoms. The van der Waals surface area contributed by atoms with E-state index in [4.69, 9.17) is 10.1 Å². The summed E-state index contributed by atoms with van der Waals surface area (Å²) in [5.74, 6) is -1.13. The summed E-state index contributed by atoms with van der Waals surface area (Å²) in [6.07, 6.45) is 1.43. The SMILES string of the molecule is CC(C)S(=O)(=O)C1=NSC2=NC(=O)/C(=C\c3ccc(OC(=O)c4cccs4)cc3)C(=N)N21. The Bertz CT molecular complexity index is 1310.